The Hall–Kier alpha value is -1.48. The molecule has 0 bridgehead atoms. The van der Waals surface area contributed by atoms with Gasteiger partial charge in [0.1, 0.15) is 11.3 Å². The maximum atomic E-state index is 12.7. The summed E-state index contributed by atoms with van der Waals surface area (Å²) in [6, 6.07) is 1.17. The van der Waals surface area contributed by atoms with Gasteiger partial charge in [0, 0.05) is 22.8 Å². The van der Waals surface area contributed by atoms with E-state index in [4.69, 9.17) is 10.7 Å². The number of halogens is 3. The summed E-state index contributed by atoms with van der Waals surface area (Å²) in [6.45, 7) is 0. The average molecular weight is 302 g/mol. The molecule has 0 aliphatic carbocycles. The molecule has 0 heterocycles. The van der Waals surface area contributed by atoms with Crippen molar-refractivity contribution in [2.75, 3.05) is 7.11 Å². The Kier molecular flexibility index (Phi) is 4.07. The number of nitro groups is 1. The molecule has 0 unspecified atom stereocenters. The molecule has 1 aromatic carbocycles. The van der Waals surface area contributed by atoms with E-state index in [-0.39, 0.29) is 0 Å². The van der Waals surface area contributed by atoms with Crippen molar-refractivity contribution >= 4 is 25.4 Å². The summed E-state index contributed by atoms with van der Waals surface area (Å²) in [7, 11) is 1.69. The molecular weight excluding hydrogens is 296 g/mol. The van der Waals surface area contributed by atoms with Gasteiger partial charge in [0.25, 0.3) is 21.2 Å². The molecule has 18 heavy (non-hydrogen) atoms. The molecule has 0 spiro atoms. The standard InChI is InChI=1S/C8H6ClF2NO5S/c1-17-6-3-4(18(9,15)16)2-5(12(13)14)7(6)8(10)11/h2-3,8H,1H3. The van der Waals surface area contributed by atoms with Crippen molar-refractivity contribution in [3.05, 3.63) is 27.8 Å². The number of alkyl halides is 2. The second kappa shape index (κ2) is 5.02. The lowest BCUT2D eigenvalue weighted by molar-refractivity contribution is -0.386. The maximum Gasteiger partial charge on any atom is 0.283 e. The first-order chi connectivity index (χ1) is 8.18. The van der Waals surface area contributed by atoms with Crippen molar-refractivity contribution in [2.24, 2.45) is 0 Å². The minimum atomic E-state index is -4.29. The highest BCUT2D eigenvalue weighted by Gasteiger charge is 2.30. The van der Waals surface area contributed by atoms with Crippen LogP contribution in [0.2, 0.25) is 0 Å². The molecule has 0 aliphatic heterocycles. The fraction of sp³-hybridized carbons (Fsp3) is 0.250. The van der Waals surface area contributed by atoms with Gasteiger partial charge in [0.05, 0.1) is 16.9 Å². The van der Waals surface area contributed by atoms with Gasteiger partial charge in [-0.05, 0) is 0 Å². The fourth-order valence-electron chi connectivity index (χ4n) is 1.27. The van der Waals surface area contributed by atoms with Crippen LogP contribution in [0.5, 0.6) is 5.75 Å². The summed E-state index contributed by atoms with van der Waals surface area (Å²) in [5, 5.41) is 10.7. The van der Waals surface area contributed by atoms with Gasteiger partial charge in [-0.15, -0.1) is 0 Å². The van der Waals surface area contributed by atoms with Crippen LogP contribution in [-0.2, 0) is 9.05 Å². The Labute approximate surface area is 105 Å². The summed E-state index contributed by atoms with van der Waals surface area (Å²) >= 11 is 0. The molecule has 0 radical (unpaired) electrons. The summed E-state index contributed by atoms with van der Waals surface area (Å²) in [6.07, 6.45) is -3.19. The van der Waals surface area contributed by atoms with Crippen LogP contribution >= 0.6 is 10.7 Å². The molecule has 0 saturated carbocycles. The molecular formula is C8H6ClF2NO5S. The van der Waals surface area contributed by atoms with E-state index in [0.717, 1.165) is 7.11 Å². The normalized spacial score (nSPS) is 11.6. The number of nitro benzene ring substituents is 1. The first kappa shape index (κ1) is 14.6. The van der Waals surface area contributed by atoms with Gasteiger partial charge in [-0.25, -0.2) is 17.2 Å². The van der Waals surface area contributed by atoms with E-state index in [9.17, 15) is 27.3 Å². The molecule has 1 aromatic rings. The predicted octanol–water partition coefficient (Wildman–Crippen LogP) is 2.47. The van der Waals surface area contributed by atoms with Crippen molar-refractivity contribution in [1.29, 1.82) is 0 Å². The number of methoxy groups -OCH3 is 1. The van der Waals surface area contributed by atoms with E-state index < -0.39 is 42.3 Å². The summed E-state index contributed by atoms with van der Waals surface area (Å²) in [4.78, 5) is 8.84. The van der Waals surface area contributed by atoms with E-state index in [1.165, 1.54) is 0 Å². The molecule has 0 amide bonds. The van der Waals surface area contributed by atoms with E-state index in [1.807, 2.05) is 0 Å². The van der Waals surface area contributed by atoms with Crippen molar-refractivity contribution in [3.63, 3.8) is 0 Å². The zero-order valence-electron chi connectivity index (χ0n) is 8.76. The van der Waals surface area contributed by atoms with Crippen molar-refractivity contribution in [3.8, 4) is 5.75 Å². The second-order valence-electron chi connectivity index (χ2n) is 3.05. The van der Waals surface area contributed by atoms with Crippen molar-refractivity contribution in [2.45, 2.75) is 11.3 Å². The topological polar surface area (TPSA) is 86.5 Å². The summed E-state index contributed by atoms with van der Waals surface area (Å²) < 4.78 is 52.0. The van der Waals surface area contributed by atoms with Crippen LogP contribution in [0.25, 0.3) is 0 Å². The molecule has 0 aliphatic rings. The Morgan fingerprint density at radius 2 is 2.00 bits per heavy atom. The first-order valence-electron chi connectivity index (χ1n) is 4.27. The third-order valence-corrected chi connectivity index (χ3v) is 3.34. The SMILES string of the molecule is COc1cc(S(=O)(=O)Cl)cc([N+](=O)[O-])c1C(F)F. The number of hydrogen-bond acceptors (Lipinski definition) is 5. The van der Waals surface area contributed by atoms with E-state index in [2.05, 4.69) is 4.74 Å². The average Bonchev–Trinajstić information content (AvgIpc) is 2.25. The van der Waals surface area contributed by atoms with Gasteiger partial charge in [-0.1, -0.05) is 0 Å². The molecule has 0 fully saturated rings. The van der Waals surface area contributed by atoms with E-state index >= 15 is 0 Å². The van der Waals surface area contributed by atoms with Crippen LogP contribution in [-0.4, -0.2) is 20.5 Å². The Morgan fingerprint density at radius 3 is 2.33 bits per heavy atom. The van der Waals surface area contributed by atoms with Gasteiger partial charge in [0.2, 0.25) is 0 Å². The predicted molar refractivity (Wildman–Crippen MR) is 57.6 cm³/mol. The van der Waals surface area contributed by atoms with Gasteiger partial charge in [-0.2, -0.15) is 0 Å². The molecule has 6 nitrogen and oxygen atoms in total. The third-order valence-electron chi connectivity index (χ3n) is 2.01. The van der Waals surface area contributed by atoms with Crippen LogP contribution in [0, 0.1) is 10.1 Å². The Balaban J connectivity index is 3.70. The fourth-order valence-corrected chi connectivity index (χ4v) is 2.03. The number of nitrogens with zero attached hydrogens (tertiary/aromatic N) is 1. The zero-order valence-corrected chi connectivity index (χ0v) is 10.3. The van der Waals surface area contributed by atoms with Crippen molar-refractivity contribution < 1.29 is 26.9 Å². The van der Waals surface area contributed by atoms with Gasteiger partial charge in [0.15, 0.2) is 0 Å². The summed E-state index contributed by atoms with van der Waals surface area (Å²) in [5.41, 5.74) is -2.06. The number of ether oxygens (including phenoxy) is 1. The number of hydrogen-bond donors (Lipinski definition) is 0. The molecule has 0 aromatic heterocycles. The van der Waals surface area contributed by atoms with Gasteiger partial charge in [-0.3, -0.25) is 10.1 Å². The summed E-state index contributed by atoms with van der Waals surface area (Å²) in [5.74, 6) is -0.613. The molecule has 0 saturated heterocycles. The van der Waals surface area contributed by atoms with Crippen LogP contribution in [0.3, 0.4) is 0 Å². The highest BCUT2D eigenvalue weighted by molar-refractivity contribution is 8.13. The zero-order chi connectivity index (χ0) is 14.1. The second-order valence-corrected chi connectivity index (χ2v) is 5.62. The van der Waals surface area contributed by atoms with Crippen LogP contribution in [0.1, 0.15) is 12.0 Å². The lowest BCUT2D eigenvalue weighted by Gasteiger charge is -2.09. The lowest BCUT2D eigenvalue weighted by Crippen LogP contribution is -2.03. The third kappa shape index (κ3) is 2.85. The number of benzene rings is 1. The first-order valence-corrected chi connectivity index (χ1v) is 6.58. The molecule has 10 heteroatoms. The van der Waals surface area contributed by atoms with Crippen LogP contribution in [0.15, 0.2) is 17.0 Å². The minimum absolute atomic E-state index is 0.465. The maximum absolute atomic E-state index is 12.7. The Morgan fingerprint density at radius 1 is 1.44 bits per heavy atom. The molecule has 100 valence electrons. The lowest BCUT2D eigenvalue weighted by atomic mass is 10.1. The van der Waals surface area contributed by atoms with Crippen LogP contribution < -0.4 is 4.74 Å². The van der Waals surface area contributed by atoms with E-state index in [1.54, 1.807) is 0 Å². The smallest absolute Gasteiger partial charge is 0.283 e. The quantitative estimate of drug-likeness (QED) is 0.484. The largest absolute Gasteiger partial charge is 0.496 e. The van der Waals surface area contributed by atoms with Crippen molar-refractivity contribution in [1.82, 2.24) is 0 Å². The van der Waals surface area contributed by atoms with Crippen LogP contribution in [0.4, 0.5) is 14.5 Å². The molecule has 1 rings (SSSR count). The number of rotatable bonds is 4. The molecule has 0 N–H and O–H groups in total. The van der Waals surface area contributed by atoms with Gasteiger partial charge >= 0.3 is 0 Å². The Bertz CT molecular complexity index is 589. The molecule has 0 atom stereocenters. The highest BCUT2D eigenvalue weighted by atomic mass is 35.7. The van der Waals surface area contributed by atoms with Gasteiger partial charge < -0.3 is 4.74 Å². The van der Waals surface area contributed by atoms with E-state index in [0.29, 0.717) is 12.1 Å². The minimum Gasteiger partial charge on any atom is -0.496 e. The monoisotopic (exact) mass is 301 g/mol. The highest BCUT2D eigenvalue weighted by Crippen LogP contribution is 2.39.